The number of amides is 2. The van der Waals surface area contributed by atoms with Crippen LogP contribution >= 0.6 is 23.2 Å². The van der Waals surface area contributed by atoms with Crippen LogP contribution in [0.25, 0.3) is 11.1 Å². The van der Waals surface area contributed by atoms with Crippen LogP contribution in [0.5, 0.6) is 5.75 Å². The van der Waals surface area contributed by atoms with E-state index in [0.29, 0.717) is 16.5 Å². The maximum Gasteiger partial charge on any atom is 0.262 e. The average Bonchev–Trinajstić information content (AvgIpc) is 2.67. The van der Waals surface area contributed by atoms with Crippen LogP contribution in [0.1, 0.15) is 10.4 Å². The molecule has 2 amide bonds. The number of hydrogen-bond donors (Lipinski definition) is 2. The van der Waals surface area contributed by atoms with E-state index in [4.69, 9.17) is 33.7 Å². The number of carbonyl (C=O) groups excluding carboxylic acids is 2. The maximum atomic E-state index is 12.1. The molecule has 7 heteroatoms. The monoisotopic (exact) mass is 414 g/mol. The third kappa shape index (κ3) is 4.82. The lowest BCUT2D eigenvalue weighted by atomic mass is 10.1. The number of halogens is 2. The first kappa shape index (κ1) is 19.7. The minimum absolute atomic E-state index is 0.158. The standard InChI is InChI=1S/C21H16Cl2N2O3/c22-17-11-15(7-8-16(17)21(24)27)25-20(26)12-28-19-9-6-14(10-18(19)23)13-4-2-1-3-5-13/h1-11H,12H2,(H2,24,27)(H,25,26). The summed E-state index contributed by atoms with van der Waals surface area (Å²) in [5.41, 5.74) is 7.79. The third-order valence-electron chi connectivity index (χ3n) is 3.92. The smallest absolute Gasteiger partial charge is 0.262 e. The second kappa shape index (κ2) is 8.78. The lowest BCUT2D eigenvalue weighted by Crippen LogP contribution is -2.20. The molecule has 0 atom stereocenters. The highest BCUT2D eigenvalue weighted by molar-refractivity contribution is 6.34. The molecule has 0 aliphatic heterocycles. The van der Waals surface area contributed by atoms with Gasteiger partial charge in [0.2, 0.25) is 5.91 Å². The molecule has 0 saturated carbocycles. The number of primary amides is 1. The minimum Gasteiger partial charge on any atom is -0.482 e. The quantitative estimate of drug-likeness (QED) is 0.608. The zero-order valence-electron chi connectivity index (χ0n) is 14.6. The predicted molar refractivity (Wildman–Crippen MR) is 111 cm³/mol. The number of nitrogens with two attached hydrogens (primary N) is 1. The molecule has 0 spiro atoms. The summed E-state index contributed by atoms with van der Waals surface area (Å²) < 4.78 is 5.50. The van der Waals surface area contributed by atoms with Crippen LogP contribution in [0.2, 0.25) is 10.0 Å². The molecule has 0 fully saturated rings. The van der Waals surface area contributed by atoms with Gasteiger partial charge in [0.05, 0.1) is 15.6 Å². The highest BCUT2D eigenvalue weighted by Gasteiger charge is 2.11. The van der Waals surface area contributed by atoms with E-state index in [-0.39, 0.29) is 17.2 Å². The van der Waals surface area contributed by atoms with E-state index in [1.807, 2.05) is 36.4 Å². The average molecular weight is 415 g/mol. The number of anilines is 1. The molecule has 3 rings (SSSR count). The molecule has 0 aromatic heterocycles. The van der Waals surface area contributed by atoms with Crippen LogP contribution in [-0.2, 0) is 4.79 Å². The summed E-state index contributed by atoms with van der Waals surface area (Å²) in [7, 11) is 0. The van der Waals surface area contributed by atoms with Gasteiger partial charge in [0.1, 0.15) is 5.75 Å². The Balaban J connectivity index is 1.62. The highest BCUT2D eigenvalue weighted by Crippen LogP contribution is 2.30. The first-order valence-corrected chi connectivity index (χ1v) is 9.06. The topological polar surface area (TPSA) is 81.4 Å². The molecule has 3 aromatic rings. The van der Waals surface area contributed by atoms with Crippen molar-refractivity contribution in [1.82, 2.24) is 0 Å². The van der Waals surface area contributed by atoms with Crippen LogP contribution in [0.4, 0.5) is 5.69 Å². The molecular weight excluding hydrogens is 399 g/mol. The summed E-state index contributed by atoms with van der Waals surface area (Å²) in [4.78, 5) is 23.3. The molecule has 0 radical (unpaired) electrons. The maximum absolute atomic E-state index is 12.1. The van der Waals surface area contributed by atoms with Crippen LogP contribution in [0.3, 0.4) is 0 Å². The van der Waals surface area contributed by atoms with Gasteiger partial charge in [0, 0.05) is 5.69 Å². The molecule has 3 N–H and O–H groups in total. The van der Waals surface area contributed by atoms with E-state index in [2.05, 4.69) is 5.32 Å². The molecule has 0 heterocycles. The van der Waals surface area contributed by atoms with Gasteiger partial charge in [-0.1, -0.05) is 59.6 Å². The molecular formula is C21H16Cl2N2O3. The van der Waals surface area contributed by atoms with E-state index in [9.17, 15) is 9.59 Å². The van der Waals surface area contributed by atoms with Gasteiger partial charge in [-0.2, -0.15) is 0 Å². The van der Waals surface area contributed by atoms with Crippen molar-refractivity contribution >= 4 is 40.7 Å². The van der Waals surface area contributed by atoms with Crippen LogP contribution in [-0.4, -0.2) is 18.4 Å². The summed E-state index contributed by atoms with van der Waals surface area (Å²) in [5, 5.41) is 3.20. The highest BCUT2D eigenvalue weighted by atomic mass is 35.5. The van der Waals surface area contributed by atoms with Crippen molar-refractivity contribution in [2.45, 2.75) is 0 Å². The minimum atomic E-state index is -0.639. The first-order valence-electron chi connectivity index (χ1n) is 8.31. The van der Waals surface area contributed by atoms with E-state index < -0.39 is 11.8 Å². The van der Waals surface area contributed by atoms with E-state index in [1.54, 1.807) is 12.1 Å². The lowest BCUT2D eigenvalue weighted by molar-refractivity contribution is -0.118. The van der Waals surface area contributed by atoms with Gasteiger partial charge in [0.15, 0.2) is 6.61 Å². The van der Waals surface area contributed by atoms with Gasteiger partial charge in [-0.05, 0) is 41.5 Å². The Bertz CT molecular complexity index is 1020. The fourth-order valence-corrected chi connectivity index (χ4v) is 3.07. The zero-order chi connectivity index (χ0) is 20.1. The molecule has 0 aliphatic carbocycles. The molecule has 0 unspecified atom stereocenters. The molecule has 28 heavy (non-hydrogen) atoms. The Labute approximate surface area is 172 Å². The van der Waals surface area contributed by atoms with Crippen LogP contribution < -0.4 is 15.8 Å². The fourth-order valence-electron chi connectivity index (χ4n) is 2.56. The summed E-state index contributed by atoms with van der Waals surface area (Å²) in [6, 6.07) is 19.6. The summed E-state index contributed by atoms with van der Waals surface area (Å²) in [6.07, 6.45) is 0. The van der Waals surface area contributed by atoms with Gasteiger partial charge in [0.25, 0.3) is 5.91 Å². The van der Waals surface area contributed by atoms with Crippen molar-refractivity contribution < 1.29 is 14.3 Å². The van der Waals surface area contributed by atoms with Gasteiger partial charge in [-0.25, -0.2) is 0 Å². The van der Waals surface area contributed by atoms with Gasteiger partial charge in [-0.3, -0.25) is 9.59 Å². The zero-order valence-corrected chi connectivity index (χ0v) is 16.1. The molecule has 0 bridgehead atoms. The van der Waals surface area contributed by atoms with E-state index in [0.717, 1.165) is 11.1 Å². The summed E-state index contributed by atoms with van der Waals surface area (Å²) in [6.45, 7) is -0.237. The van der Waals surface area contributed by atoms with Gasteiger partial charge < -0.3 is 15.8 Å². The van der Waals surface area contributed by atoms with Crippen molar-refractivity contribution in [2.75, 3.05) is 11.9 Å². The van der Waals surface area contributed by atoms with Crippen LogP contribution in [0, 0.1) is 0 Å². The van der Waals surface area contributed by atoms with Crippen molar-refractivity contribution in [1.29, 1.82) is 0 Å². The molecule has 3 aromatic carbocycles. The Morgan fingerprint density at radius 1 is 0.893 bits per heavy atom. The van der Waals surface area contributed by atoms with Crippen molar-refractivity contribution in [3.05, 3.63) is 82.3 Å². The molecule has 142 valence electrons. The van der Waals surface area contributed by atoms with Gasteiger partial charge in [-0.15, -0.1) is 0 Å². The van der Waals surface area contributed by atoms with Crippen LogP contribution in [0.15, 0.2) is 66.7 Å². The van der Waals surface area contributed by atoms with E-state index >= 15 is 0 Å². The van der Waals surface area contributed by atoms with Crippen molar-refractivity contribution in [3.63, 3.8) is 0 Å². The lowest BCUT2D eigenvalue weighted by Gasteiger charge is -2.11. The Morgan fingerprint density at radius 2 is 1.64 bits per heavy atom. The Morgan fingerprint density at radius 3 is 2.29 bits per heavy atom. The number of ether oxygens (including phenoxy) is 1. The molecule has 5 nitrogen and oxygen atoms in total. The number of rotatable bonds is 6. The SMILES string of the molecule is NC(=O)c1ccc(NC(=O)COc2ccc(-c3ccccc3)cc2Cl)cc1Cl. The van der Waals surface area contributed by atoms with Crippen molar-refractivity contribution in [3.8, 4) is 16.9 Å². The van der Waals surface area contributed by atoms with Crippen molar-refractivity contribution in [2.24, 2.45) is 5.73 Å². The van der Waals surface area contributed by atoms with Gasteiger partial charge >= 0.3 is 0 Å². The summed E-state index contributed by atoms with van der Waals surface area (Å²) >= 11 is 12.2. The first-order chi connectivity index (χ1) is 13.4. The second-order valence-corrected chi connectivity index (χ2v) is 6.72. The van der Waals surface area contributed by atoms with E-state index in [1.165, 1.54) is 18.2 Å². The number of carbonyl (C=O) groups is 2. The third-order valence-corrected chi connectivity index (χ3v) is 4.52. The summed E-state index contributed by atoms with van der Waals surface area (Å²) in [5.74, 6) is -0.635. The second-order valence-electron chi connectivity index (χ2n) is 5.91. The molecule has 0 saturated heterocycles. The Kier molecular flexibility index (Phi) is 6.19. The fraction of sp³-hybridized carbons (Fsp3) is 0.0476. The Hall–Kier alpha value is -3.02. The number of nitrogens with one attached hydrogen (secondary N) is 1. The number of benzene rings is 3. The molecule has 0 aliphatic rings. The number of hydrogen-bond acceptors (Lipinski definition) is 3. The predicted octanol–water partition coefficient (Wildman–Crippen LogP) is 4.78. The largest absolute Gasteiger partial charge is 0.482 e. The normalized spacial score (nSPS) is 10.4.